The normalized spacial score (nSPS) is 11.4. The molecule has 0 atom stereocenters. The number of nitrogens with zero attached hydrogens (tertiary/aromatic N) is 2. The summed E-state index contributed by atoms with van der Waals surface area (Å²) in [5.41, 5.74) is 7.95. The number of fused-ring (bicyclic) bond motifs is 1. The third kappa shape index (κ3) is 3.29. The van der Waals surface area contributed by atoms with Gasteiger partial charge in [-0.05, 0) is 36.8 Å². The topological polar surface area (TPSA) is 115 Å². The van der Waals surface area contributed by atoms with Crippen LogP contribution in [-0.4, -0.2) is 30.5 Å². The molecule has 25 heavy (non-hydrogen) atoms. The van der Waals surface area contributed by atoms with Crippen molar-refractivity contribution >= 4 is 38.0 Å². The number of benzene rings is 1. The number of hydrogen-bond acceptors (Lipinski definition) is 6. The van der Waals surface area contributed by atoms with Crippen LogP contribution in [0.3, 0.4) is 0 Å². The minimum absolute atomic E-state index is 0.148. The van der Waals surface area contributed by atoms with Crippen LogP contribution in [-0.2, 0) is 9.84 Å². The lowest BCUT2D eigenvalue weighted by atomic mass is 10.1. The third-order valence-electron chi connectivity index (χ3n) is 3.76. The Bertz CT molecular complexity index is 1080. The van der Waals surface area contributed by atoms with E-state index < -0.39 is 15.7 Å². The fourth-order valence-corrected chi connectivity index (χ4v) is 3.29. The molecule has 2 aromatic heterocycles. The van der Waals surface area contributed by atoms with E-state index in [9.17, 15) is 13.2 Å². The second kappa shape index (κ2) is 6.14. The number of pyridine rings is 2. The van der Waals surface area contributed by atoms with Gasteiger partial charge in [0.25, 0.3) is 5.91 Å². The highest BCUT2D eigenvalue weighted by atomic mass is 32.2. The number of hydrogen-bond donors (Lipinski definition) is 2. The van der Waals surface area contributed by atoms with Crippen molar-refractivity contribution in [2.24, 2.45) is 5.73 Å². The van der Waals surface area contributed by atoms with Crippen LogP contribution in [0, 0.1) is 6.92 Å². The lowest BCUT2D eigenvalue weighted by Gasteiger charge is -2.15. The second-order valence-corrected chi connectivity index (χ2v) is 7.70. The number of carbonyl (C=O) groups excluding carboxylic acids is 1. The van der Waals surface area contributed by atoms with Gasteiger partial charge in [0.1, 0.15) is 0 Å². The van der Waals surface area contributed by atoms with Crippen molar-refractivity contribution in [3.8, 4) is 0 Å². The number of nitrogens with one attached hydrogen (secondary N) is 1. The number of sulfone groups is 1. The summed E-state index contributed by atoms with van der Waals surface area (Å²) in [4.78, 5) is 20.3. The summed E-state index contributed by atoms with van der Waals surface area (Å²) in [5.74, 6) is -0.664. The van der Waals surface area contributed by atoms with Gasteiger partial charge in [-0.2, -0.15) is 0 Å². The van der Waals surface area contributed by atoms with Crippen molar-refractivity contribution in [2.75, 3.05) is 11.6 Å². The first-order valence-corrected chi connectivity index (χ1v) is 9.27. The molecule has 0 saturated heterocycles. The van der Waals surface area contributed by atoms with Crippen LogP contribution in [0.4, 0.5) is 11.4 Å². The van der Waals surface area contributed by atoms with Crippen LogP contribution >= 0.6 is 0 Å². The van der Waals surface area contributed by atoms with Gasteiger partial charge in [-0.15, -0.1) is 0 Å². The van der Waals surface area contributed by atoms with Gasteiger partial charge in [0.15, 0.2) is 9.84 Å². The Balaban J connectivity index is 2.35. The molecule has 7 nitrogen and oxygen atoms in total. The molecule has 3 rings (SSSR count). The van der Waals surface area contributed by atoms with Gasteiger partial charge < -0.3 is 11.1 Å². The quantitative estimate of drug-likeness (QED) is 0.740. The first-order chi connectivity index (χ1) is 11.8. The number of anilines is 2. The summed E-state index contributed by atoms with van der Waals surface area (Å²) in [5, 5.41) is 3.61. The number of primary amides is 1. The zero-order chi connectivity index (χ0) is 18.2. The molecule has 0 saturated carbocycles. The Morgan fingerprint density at radius 2 is 2.00 bits per heavy atom. The molecular weight excluding hydrogens is 340 g/mol. The standard InChI is InChI=1S/C17H16N4O3S/c1-10-6-12(25(2,23)24)7-13-15(10)20-9-14(17(18)22)16(13)21-11-4-3-5-19-8-11/h3-9H,1-2H3,(H2,18,22)(H,20,21). The van der Waals surface area contributed by atoms with E-state index in [1.807, 2.05) is 0 Å². The number of rotatable bonds is 4. The van der Waals surface area contributed by atoms with Crippen molar-refractivity contribution in [1.82, 2.24) is 9.97 Å². The van der Waals surface area contributed by atoms with Gasteiger partial charge in [0, 0.05) is 24.0 Å². The highest BCUT2D eigenvalue weighted by Crippen LogP contribution is 2.32. The van der Waals surface area contributed by atoms with Gasteiger partial charge in [-0.3, -0.25) is 14.8 Å². The zero-order valence-electron chi connectivity index (χ0n) is 13.6. The van der Waals surface area contributed by atoms with E-state index in [2.05, 4.69) is 15.3 Å². The van der Waals surface area contributed by atoms with Crippen molar-refractivity contribution in [1.29, 1.82) is 0 Å². The molecule has 128 valence electrons. The summed E-state index contributed by atoms with van der Waals surface area (Å²) in [6, 6.07) is 6.57. The van der Waals surface area contributed by atoms with Crippen molar-refractivity contribution < 1.29 is 13.2 Å². The van der Waals surface area contributed by atoms with Crippen molar-refractivity contribution in [3.63, 3.8) is 0 Å². The molecular formula is C17H16N4O3S. The van der Waals surface area contributed by atoms with E-state index in [-0.39, 0.29) is 10.5 Å². The van der Waals surface area contributed by atoms with E-state index in [0.717, 1.165) is 6.26 Å². The monoisotopic (exact) mass is 356 g/mol. The summed E-state index contributed by atoms with van der Waals surface area (Å²) >= 11 is 0. The second-order valence-electron chi connectivity index (χ2n) is 5.69. The van der Waals surface area contributed by atoms with E-state index >= 15 is 0 Å². The molecule has 3 N–H and O–H groups in total. The van der Waals surface area contributed by atoms with Crippen molar-refractivity contribution in [2.45, 2.75) is 11.8 Å². The highest BCUT2D eigenvalue weighted by molar-refractivity contribution is 7.90. The SMILES string of the molecule is Cc1cc(S(C)(=O)=O)cc2c(Nc3cccnc3)c(C(N)=O)cnc12. The summed E-state index contributed by atoms with van der Waals surface area (Å²) in [6.45, 7) is 1.77. The van der Waals surface area contributed by atoms with Gasteiger partial charge in [0.2, 0.25) is 0 Å². The first kappa shape index (κ1) is 16.8. The highest BCUT2D eigenvalue weighted by Gasteiger charge is 2.18. The molecule has 0 unspecified atom stereocenters. The van der Waals surface area contributed by atoms with Crippen LogP contribution in [0.15, 0.2) is 47.8 Å². The maximum absolute atomic E-state index is 12.0. The molecule has 0 aliphatic heterocycles. The summed E-state index contributed by atoms with van der Waals surface area (Å²) in [6.07, 6.45) is 5.73. The van der Waals surface area contributed by atoms with Gasteiger partial charge in [-0.1, -0.05) is 0 Å². The molecule has 1 aromatic carbocycles. The first-order valence-electron chi connectivity index (χ1n) is 7.37. The van der Waals surface area contributed by atoms with Crippen LogP contribution < -0.4 is 11.1 Å². The van der Waals surface area contributed by atoms with E-state index in [0.29, 0.717) is 27.8 Å². The molecule has 0 aliphatic carbocycles. The molecule has 0 spiro atoms. The maximum Gasteiger partial charge on any atom is 0.252 e. The Morgan fingerprint density at radius 3 is 2.60 bits per heavy atom. The van der Waals surface area contributed by atoms with E-state index in [4.69, 9.17) is 5.73 Å². The van der Waals surface area contributed by atoms with Crippen molar-refractivity contribution in [3.05, 3.63) is 54.0 Å². The number of aromatic nitrogens is 2. The molecule has 2 heterocycles. The number of amides is 1. The number of carbonyl (C=O) groups is 1. The largest absolute Gasteiger partial charge is 0.365 e. The number of aryl methyl sites for hydroxylation is 1. The Labute approximate surface area is 144 Å². The van der Waals surface area contributed by atoms with E-state index in [1.165, 1.54) is 12.3 Å². The molecule has 0 radical (unpaired) electrons. The lowest BCUT2D eigenvalue weighted by molar-refractivity contribution is 0.100. The summed E-state index contributed by atoms with van der Waals surface area (Å²) < 4.78 is 23.9. The average molecular weight is 356 g/mol. The Morgan fingerprint density at radius 1 is 1.24 bits per heavy atom. The maximum atomic E-state index is 12.0. The average Bonchev–Trinajstić information content (AvgIpc) is 2.55. The Kier molecular flexibility index (Phi) is 4.13. The number of nitrogens with two attached hydrogens (primary N) is 1. The van der Waals surface area contributed by atoms with Crippen LogP contribution in [0.5, 0.6) is 0 Å². The fraction of sp³-hybridized carbons (Fsp3) is 0.118. The van der Waals surface area contributed by atoms with Gasteiger partial charge in [-0.25, -0.2) is 8.42 Å². The zero-order valence-corrected chi connectivity index (χ0v) is 14.5. The minimum Gasteiger partial charge on any atom is -0.365 e. The minimum atomic E-state index is -3.42. The van der Waals surface area contributed by atoms with Crippen LogP contribution in [0.25, 0.3) is 10.9 Å². The van der Waals surface area contributed by atoms with Gasteiger partial charge >= 0.3 is 0 Å². The van der Waals surface area contributed by atoms with Gasteiger partial charge in [0.05, 0.1) is 33.5 Å². The Hall–Kier alpha value is -3.00. The predicted octanol–water partition coefficient (Wildman–Crippen LogP) is 2.18. The van der Waals surface area contributed by atoms with Crippen LogP contribution in [0.1, 0.15) is 15.9 Å². The predicted molar refractivity (Wildman–Crippen MR) is 95.6 cm³/mol. The van der Waals surface area contributed by atoms with Crippen LogP contribution in [0.2, 0.25) is 0 Å². The molecule has 1 amide bonds. The van der Waals surface area contributed by atoms with E-state index in [1.54, 1.807) is 37.5 Å². The molecule has 0 fully saturated rings. The summed E-state index contributed by atoms with van der Waals surface area (Å²) in [7, 11) is -3.42. The molecule has 0 bridgehead atoms. The molecule has 3 aromatic rings. The third-order valence-corrected chi connectivity index (χ3v) is 4.85. The smallest absolute Gasteiger partial charge is 0.252 e. The lowest BCUT2D eigenvalue weighted by Crippen LogP contribution is -2.14. The molecule has 0 aliphatic rings. The molecule has 8 heteroatoms. The fourth-order valence-electron chi connectivity index (χ4n) is 2.56.